The molecule has 1 heterocycles. The van der Waals surface area contributed by atoms with Crippen molar-refractivity contribution in [2.24, 2.45) is 0 Å². The number of hydrogen-bond acceptors (Lipinski definition) is 4. The summed E-state index contributed by atoms with van der Waals surface area (Å²) in [5.41, 5.74) is 1.05. The number of aliphatic hydroxyl groups is 1. The molecular weight excluding hydrogens is 286 g/mol. The van der Waals surface area contributed by atoms with Gasteiger partial charge < -0.3 is 15.7 Å². The van der Waals surface area contributed by atoms with Crippen molar-refractivity contribution in [3.8, 4) is 0 Å². The molecule has 0 aliphatic heterocycles. The number of amides is 2. The number of hydrogen-bond donors (Lipinski definition) is 3. The number of thiazole rings is 1. The summed E-state index contributed by atoms with van der Waals surface area (Å²) in [6, 6.07) is 0.0796. The first kappa shape index (κ1) is 16.2. The van der Waals surface area contributed by atoms with Crippen LogP contribution in [0.5, 0.6) is 0 Å². The SMILES string of the molecule is CC(C)c1nc(CCNC(=O)NC2CCC(O)CC2)cs1. The lowest BCUT2D eigenvalue weighted by Gasteiger charge is -2.26. The zero-order chi connectivity index (χ0) is 15.2. The first-order valence-corrected chi connectivity index (χ1v) is 8.59. The standard InChI is InChI=1S/C15H25N3O2S/c1-10(2)14-17-12(9-21-14)7-8-16-15(20)18-11-3-5-13(19)6-4-11/h9-11,13,19H,3-8H2,1-2H3,(H2,16,18,20). The second kappa shape index (κ2) is 7.75. The van der Waals surface area contributed by atoms with Gasteiger partial charge in [0.05, 0.1) is 16.8 Å². The van der Waals surface area contributed by atoms with Crippen LogP contribution in [-0.4, -0.2) is 34.8 Å². The topological polar surface area (TPSA) is 74.2 Å². The molecule has 5 nitrogen and oxygen atoms in total. The summed E-state index contributed by atoms with van der Waals surface area (Å²) < 4.78 is 0. The molecule has 2 rings (SSSR count). The van der Waals surface area contributed by atoms with Crippen molar-refractivity contribution in [2.45, 2.75) is 64.0 Å². The number of carbonyl (C=O) groups excluding carboxylic acids is 1. The monoisotopic (exact) mass is 311 g/mol. The van der Waals surface area contributed by atoms with E-state index in [-0.39, 0.29) is 18.2 Å². The van der Waals surface area contributed by atoms with Gasteiger partial charge in [0.2, 0.25) is 0 Å². The summed E-state index contributed by atoms with van der Waals surface area (Å²) in [6.45, 7) is 4.87. The van der Waals surface area contributed by atoms with E-state index < -0.39 is 0 Å². The molecule has 3 N–H and O–H groups in total. The number of aromatic nitrogens is 1. The zero-order valence-corrected chi connectivity index (χ0v) is 13.6. The Hall–Kier alpha value is -1.14. The molecule has 0 saturated heterocycles. The van der Waals surface area contributed by atoms with Crippen LogP contribution in [-0.2, 0) is 6.42 Å². The van der Waals surface area contributed by atoms with E-state index in [1.165, 1.54) is 0 Å². The largest absolute Gasteiger partial charge is 0.393 e. The predicted octanol–water partition coefficient (Wildman–Crippen LogP) is 2.41. The van der Waals surface area contributed by atoms with E-state index in [0.29, 0.717) is 12.5 Å². The summed E-state index contributed by atoms with van der Waals surface area (Å²) in [4.78, 5) is 16.3. The van der Waals surface area contributed by atoms with E-state index in [9.17, 15) is 9.90 Å². The van der Waals surface area contributed by atoms with Crippen LogP contribution in [0.15, 0.2) is 5.38 Å². The van der Waals surface area contributed by atoms with E-state index in [0.717, 1.165) is 42.8 Å². The Bertz CT molecular complexity index is 454. The molecular formula is C15H25N3O2S. The Morgan fingerprint density at radius 2 is 2.14 bits per heavy atom. The van der Waals surface area contributed by atoms with Crippen molar-refractivity contribution in [3.63, 3.8) is 0 Å². The maximum Gasteiger partial charge on any atom is 0.315 e. The van der Waals surface area contributed by atoms with E-state index in [2.05, 4.69) is 34.8 Å². The fraction of sp³-hybridized carbons (Fsp3) is 0.733. The maximum atomic E-state index is 11.8. The highest BCUT2D eigenvalue weighted by Gasteiger charge is 2.20. The highest BCUT2D eigenvalue weighted by molar-refractivity contribution is 7.09. The number of nitrogens with one attached hydrogen (secondary N) is 2. The van der Waals surface area contributed by atoms with E-state index in [4.69, 9.17) is 0 Å². The van der Waals surface area contributed by atoms with Crippen molar-refractivity contribution >= 4 is 17.4 Å². The van der Waals surface area contributed by atoms with Gasteiger partial charge in [-0.25, -0.2) is 9.78 Å². The van der Waals surface area contributed by atoms with Gasteiger partial charge in [-0.05, 0) is 25.7 Å². The highest BCUT2D eigenvalue weighted by Crippen LogP contribution is 2.19. The maximum absolute atomic E-state index is 11.8. The molecule has 0 bridgehead atoms. The van der Waals surface area contributed by atoms with Crippen LogP contribution in [0.4, 0.5) is 4.79 Å². The van der Waals surface area contributed by atoms with Gasteiger partial charge in [-0.2, -0.15) is 0 Å². The normalized spacial score (nSPS) is 22.3. The Morgan fingerprint density at radius 1 is 1.43 bits per heavy atom. The second-order valence-corrected chi connectivity index (χ2v) is 6.88. The minimum absolute atomic E-state index is 0.115. The molecule has 0 unspecified atom stereocenters. The molecule has 1 saturated carbocycles. The van der Waals surface area contributed by atoms with Crippen LogP contribution in [0.3, 0.4) is 0 Å². The number of carbonyl (C=O) groups is 1. The summed E-state index contributed by atoms with van der Waals surface area (Å²) >= 11 is 1.68. The second-order valence-electron chi connectivity index (χ2n) is 5.99. The molecule has 2 amide bonds. The third kappa shape index (κ3) is 5.28. The molecule has 6 heteroatoms. The van der Waals surface area contributed by atoms with E-state index >= 15 is 0 Å². The van der Waals surface area contributed by atoms with Gasteiger partial charge in [-0.15, -0.1) is 11.3 Å². The summed E-state index contributed by atoms with van der Waals surface area (Å²) in [5.74, 6) is 0.460. The minimum Gasteiger partial charge on any atom is -0.393 e. The van der Waals surface area contributed by atoms with Crippen LogP contribution < -0.4 is 10.6 Å². The number of urea groups is 1. The van der Waals surface area contributed by atoms with Crippen molar-refractivity contribution in [1.82, 2.24) is 15.6 Å². The van der Waals surface area contributed by atoms with Crippen LogP contribution in [0.1, 0.15) is 56.2 Å². The third-order valence-corrected chi connectivity index (χ3v) is 4.96. The molecule has 1 aliphatic carbocycles. The minimum atomic E-state index is -0.189. The summed E-state index contributed by atoms with van der Waals surface area (Å²) in [7, 11) is 0. The predicted molar refractivity (Wildman–Crippen MR) is 84.7 cm³/mol. The number of aliphatic hydroxyl groups excluding tert-OH is 1. The third-order valence-electron chi connectivity index (χ3n) is 3.76. The Labute approximate surface area is 130 Å². The lowest BCUT2D eigenvalue weighted by atomic mass is 9.93. The quantitative estimate of drug-likeness (QED) is 0.782. The van der Waals surface area contributed by atoms with Crippen molar-refractivity contribution in [1.29, 1.82) is 0 Å². The van der Waals surface area contributed by atoms with Crippen LogP contribution in [0.2, 0.25) is 0 Å². The van der Waals surface area contributed by atoms with Crippen molar-refractivity contribution in [2.75, 3.05) is 6.54 Å². The van der Waals surface area contributed by atoms with Crippen molar-refractivity contribution in [3.05, 3.63) is 16.1 Å². The fourth-order valence-electron chi connectivity index (χ4n) is 2.46. The van der Waals surface area contributed by atoms with Gasteiger partial charge >= 0.3 is 6.03 Å². The molecule has 1 aromatic heterocycles. The average molecular weight is 311 g/mol. The number of rotatable bonds is 5. The van der Waals surface area contributed by atoms with Crippen LogP contribution in [0, 0.1) is 0 Å². The highest BCUT2D eigenvalue weighted by atomic mass is 32.1. The fourth-order valence-corrected chi connectivity index (χ4v) is 3.33. The van der Waals surface area contributed by atoms with Gasteiger partial charge in [0, 0.05) is 30.3 Å². The molecule has 0 aromatic carbocycles. The molecule has 1 aromatic rings. The van der Waals surface area contributed by atoms with Crippen LogP contribution in [0.25, 0.3) is 0 Å². The van der Waals surface area contributed by atoms with Gasteiger partial charge in [0.15, 0.2) is 0 Å². The molecule has 1 fully saturated rings. The first-order chi connectivity index (χ1) is 10.0. The molecule has 0 radical (unpaired) electrons. The lowest BCUT2D eigenvalue weighted by Crippen LogP contribution is -2.44. The molecule has 0 spiro atoms. The molecule has 118 valence electrons. The zero-order valence-electron chi connectivity index (χ0n) is 12.8. The number of nitrogens with zero attached hydrogens (tertiary/aromatic N) is 1. The molecule has 1 aliphatic rings. The van der Waals surface area contributed by atoms with Gasteiger partial charge in [-0.1, -0.05) is 13.8 Å². The summed E-state index contributed by atoms with van der Waals surface area (Å²) in [5, 5.41) is 18.5. The Morgan fingerprint density at radius 3 is 2.76 bits per heavy atom. The van der Waals surface area contributed by atoms with Gasteiger partial charge in [-0.3, -0.25) is 0 Å². The Balaban J connectivity index is 1.64. The van der Waals surface area contributed by atoms with E-state index in [1.807, 2.05) is 0 Å². The average Bonchev–Trinajstić information content (AvgIpc) is 2.90. The molecule has 0 atom stereocenters. The molecule has 21 heavy (non-hydrogen) atoms. The first-order valence-electron chi connectivity index (χ1n) is 7.71. The van der Waals surface area contributed by atoms with Crippen LogP contribution >= 0.6 is 11.3 Å². The lowest BCUT2D eigenvalue weighted by molar-refractivity contribution is 0.117. The Kier molecular flexibility index (Phi) is 5.99. The van der Waals surface area contributed by atoms with Gasteiger partial charge in [0.1, 0.15) is 0 Å². The van der Waals surface area contributed by atoms with Crippen molar-refractivity contribution < 1.29 is 9.90 Å². The van der Waals surface area contributed by atoms with Gasteiger partial charge in [0.25, 0.3) is 0 Å². The summed E-state index contributed by atoms with van der Waals surface area (Å²) in [6.07, 6.45) is 3.85. The smallest absolute Gasteiger partial charge is 0.315 e. The van der Waals surface area contributed by atoms with E-state index in [1.54, 1.807) is 11.3 Å².